The second-order valence-electron chi connectivity index (χ2n) is 5.29. The first-order valence-corrected chi connectivity index (χ1v) is 9.27. The van der Waals surface area contributed by atoms with Crippen LogP contribution in [0.2, 0.25) is 0 Å². The van der Waals surface area contributed by atoms with Gasteiger partial charge in [0, 0.05) is 30.8 Å². The fraction of sp³-hybridized carbons (Fsp3) is 0.571. The number of aromatic nitrogens is 4. The van der Waals surface area contributed by atoms with Crippen LogP contribution in [0.5, 0.6) is 0 Å². The maximum Gasteiger partial charge on any atom is 0.129 e. The van der Waals surface area contributed by atoms with Gasteiger partial charge < -0.3 is 10.6 Å². The molecular formula is C14H20N6S2. The molecule has 0 unspecified atom stereocenters. The summed E-state index contributed by atoms with van der Waals surface area (Å²) in [6.07, 6.45) is 4.09. The Kier molecular flexibility index (Phi) is 5.58. The van der Waals surface area contributed by atoms with E-state index in [0.717, 1.165) is 42.6 Å². The lowest BCUT2D eigenvalue weighted by molar-refractivity contribution is 0.454. The average molecular weight is 336 g/mol. The molecule has 3 rings (SSSR count). The molecule has 118 valence electrons. The highest BCUT2D eigenvalue weighted by Gasteiger charge is 2.16. The van der Waals surface area contributed by atoms with Crippen molar-refractivity contribution >= 4 is 29.1 Å². The molecule has 0 bridgehead atoms. The molecule has 1 aliphatic heterocycles. The van der Waals surface area contributed by atoms with Crippen LogP contribution >= 0.6 is 23.3 Å². The minimum Gasteiger partial charge on any atom is -0.369 e. The number of hydrogen-bond donors (Lipinski definition) is 2. The van der Waals surface area contributed by atoms with Gasteiger partial charge in [0.05, 0.1) is 11.4 Å². The van der Waals surface area contributed by atoms with Crippen molar-refractivity contribution in [2.75, 3.05) is 30.7 Å². The summed E-state index contributed by atoms with van der Waals surface area (Å²) < 4.78 is 5.14. The first-order chi connectivity index (χ1) is 10.8. The van der Waals surface area contributed by atoms with Gasteiger partial charge in [-0.05, 0) is 37.8 Å². The predicted molar refractivity (Wildman–Crippen MR) is 90.7 cm³/mol. The van der Waals surface area contributed by atoms with Crippen LogP contribution in [0.3, 0.4) is 0 Å². The molecule has 3 heterocycles. The van der Waals surface area contributed by atoms with E-state index in [9.17, 15) is 0 Å². The summed E-state index contributed by atoms with van der Waals surface area (Å²) in [4.78, 5) is 8.74. The van der Waals surface area contributed by atoms with Gasteiger partial charge in [0.25, 0.3) is 0 Å². The van der Waals surface area contributed by atoms with E-state index in [1.165, 1.54) is 28.6 Å². The number of anilines is 1. The maximum absolute atomic E-state index is 4.43. The van der Waals surface area contributed by atoms with Gasteiger partial charge in [-0.2, -0.15) is 0 Å². The largest absolute Gasteiger partial charge is 0.369 e. The van der Waals surface area contributed by atoms with E-state index >= 15 is 0 Å². The Morgan fingerprint density at radius 1 is 1.45 bits per heavy atom. The Morgan fingerprint density at radius 2 is 2.41 bits per heavy atom. The fourth-order valence-electron chi connectivity index (χ4n) is 2.48. The highest BCUT2D eigenvalue weighted by atomic mass is 32.2. The summed E-state index contributed by atoms with van der Waals surface area (Å²) in [7, 11) is 0. The zero-order valence-corrected chi connectivity index (χ0v) is 14.2. The van der Waals surface area contributed by atoms with E-state index in [0.29, 0.717) is 5.92 Å². The molecule has 0 amide bonds. The normalized spacial score (nSPS) is 18.3. The molecule has 0 radical (unpaired) electrons. The Morgan fingerprint density at radius 3 is 3.18 bits per heavy atom. The zero-order chi connectivity index (χ0) is 15.2. The molecule has 2 aromatic rings. The van der Waals surface area contributed by atoms with E-state index in [2.05, 4.69) is 36.3 Å². The van der Waals surface area contributed by atoms with E-state index in [-0.39, 0.29) is 0 Å². The van der Waals surface area contributed by atoms with Gasteiger partial charge in [-0.25, -0.2) is 9.97 Å². The van der Waals surface area contributed by atoms with Crippen LogP contribution in [0.25, 0.3) is 0 Å². The van der Waals surface area contributed by atoms with Crippen LogP contribution < -0.4 is 10.6 Å². The molecule has 2 N–H and O–H groups in total. The number of thioether (sulfide) groups is 1. The van der Waals surface area contributed by atoms with Crippen LogP contribution in [0.4, 0.5) is 5.82 Å². The Balaban J connectivity index is 1.49. The summed E-state index contributed by atoms with van der Waals surface area (Å²) in [6.45, 7) is 5.00. The lowest BCUT2D eigenvalue weighted by Crippen LogP contribution is -2.28. The van der Waals surface area contributed by atoms with Crippen LogP contribution in [-0.4, -0.2) is 44.9 Å². The van der Waals surface area contributed by atoms with Crippen molar-refractivity contribution in [2.24, 2.45) is 0 Å². The molecule has 1 atom stereocenters. The quantitative estimate of drug-likeness (QED) is 0.619. The molecule has 6 nitrogen and oxygen atoms in total. The number of nitrogens with one attached hydrogen (secondary N) is 2. The van der Waals surface area contributed by atoms with E-state index < -0.39 is 0 Å². The molecule has 0 aliphatic carbocycles. The standard InChI is InChI=1S/C14H20N6S2/c1-10-14(22-20-19-10)21-6-5-16-13-7-12(17-9-18-13)11-3-2-4-15-8-11/h7,9,11,15H,2-6,8H2,1H3,(H,16,17,18)/t11-/m0/s1. The Labute approximate surface area is 138 Å². The lowest BCUT2D eigenvalue weighted by Gasteiger charge is -2.22. The third-order valence-electron chi connectivity index (χ3n) is 3.65. The van der Waals surface area contributed by atoms with Crippen LogP contribution in [0.15, 0.2) is 16.6 Å². The molecule has 1 saturated heterocycles. The molecule has 1 fully saturated rings. The third-order valence-corrected chi connectivity index (χ3v) is 5.82. The summed E-state index contributed by atoms with van der Waals surface area (Å²) in [5.41, 5.74) is 2.16. The number of aryl methyl sites for hydroxylation is 1. The number of nitrogens with zero attached hydrogens (tertiary/aromatic N) is 4. The lowest BCUT2D eigenvalue weighted by atomic mass is 9.96. The highest BCUT2D eigenvalue weighted by molar-refractivity contribution is 8.01. The minimum atomic E-state index is 0.512. The van der Waals surface area contributed by atoms with Crippen molar-refractivity contribution < 1.29 is 0 Å². The summed E-state index contributed by atoms with van der Waals surface area (Å²) >= 11 is 3.24. The number of hydrogen-bond acceptors (Lipinski definition) is 8. The topological polar surface area (TPSA) is 75.6 Å². The van der Waals surface area contributed by atoms with Crippen molar-refractivity contribution in [2.45, 2.75) is 29.9 Å². The van der Waals surface area contributed by atoms with Gasteiger partial charge in [0.1, 0.15) is 16.4 Å². The first-order valence-electron chi connectivity index (χ1n) is 7.51. The Hall–Kier alpha value is -1.25. The van der Waals surface area contributed by atoms with Gasteiger partial charge in [0.2, 0.25) is 0 Å². The molecule has 1 aliphatic rings. The van der Waals surface area contributed by atoms with Crippen molar-refractivity contribution in [3.8, 4) is 0 Å². The van der Waals surface area contributed by atoms with E-state index in [4.69, 9.17) is 0 Å². The number of rotatable bonds is 6. The smallest absolute Gasteiger partial charge is 0.129 e. The molecule has 0 spiro atoms. The van der Waals surface area contributed by atoms with Crippen molar-refractivity contribution in [3.63, 3.8) is 0 Å². The summed E-state index contributed by atoms with van der Waals surface area (Å²) in [5, 5.41) is 10.8. The molecule has 0 saturated carbocycles. The van der Waals surface area contributed by atoms with Gasteiger partial charge in [-0.3, -0.25) is 0 Å². The van der Waals surface area contributed by atoms with Crippen LogP contribution in [-0.2, 0) is 0 Å². The maximum atomic E-state index is 4.43. The van der Waals surface area contributed by atoms with E-state index in [1.807, 2.05) is 6.92 Å². The first kappa shape index (κ1) is 15.6. The minimum absolute atomic E-state index is 0.512. The second kappa shape index (κ2) is 7.85. The second-order valence-corrected chi connectivity index (χ2v) is 7.41. The van der Waals surface area contributed by atoms with Gasteiger partial charge in [-0.1, -0.05) is 4.49 Å². The van der Waals surface area contributed by atoms with Crippen LogP contribution in [0.1, 0.15) is 30.1 Å². The zero-order valence-electron chi connectivity index (χ0n) is 12.6. The SMILES string of the molecule is Cc1nnsc1SCCNc1cc([C@H]2CCCNC2)ncn1. The van der Waals surface area contributed by atoms with Gasteiger partial charge >= 0.3 is 0 Å². The Bertz CT molecular complexity index is 597. The molecule has 0 aromatic carbocycles. The average Bonchev–Trinajstić information content (AvgIpc) is 2.98. The number of piperidine rings is 1. The van der Waals surface area contributed by atoms with Crippen molar-refractivity contribution in [3.05, 3.63) is 23.8 Å². The summed E-state index contributed by atoms with van der Waals surface area (Å²) in [6, 6.07) is 2.09. The molecule has 8 heteroatoms. The summed E-state index contributed by atoms with van der Waals surface area (Å²) in [5.74, 6) is 2.39. The molecule has 22 heavy (non-hydrogen) atoms. The fourth-order valence-corrected chi connectivity index (χ4v) is 4.09. The highest BCUT2D eigenvalue weighted by Crippen LogP contribution is 2.24. The van der Waals surface area contributed by atoms with Gasteiger partial charge in [-0.15, -0.1) is 16.9 Å². The van der Waals surface area contributed by atoms with Gasteiger partial charge in [0.15, 0.2) is 0 Å². The van der Waals surface area contributed by atoms with Crippen molar-refractivity contribution in [1.82, 2.24) is 24.9 Å². The third kappa shape index (κ3) is 4.15. The molecule has 2 aromatic heterocycles. The van der Waals surface area contributed by atoms with E-state index in [1.54, 1.807) is 18.1 Å². The molecular weight excluding hydrogens is 316 g/mol. The van der Waals surface area contributed by atoms with Crippen LogP contribution in [0, 0.1) is 6.92 Å². The van der Waals surface area contributed by atoms with Crippen molar-refractivity contribution in [1.29, 1.82) is 0 Å². The monoisotopic (exact) mass is 336 g/mol. The predicted octanol–water partition coefficient (Wildman–Crippen LogP) is 2.31.